The molecule has 1 rings (SSSR count). The van der Waals surface area contributed by atoms with E-state index in [1.54, 1.807) is 30.3 Å². The molecule has 0 aliphatic carbocycles. The second-order valence-corrected chi connectivity index (χ2v) is 3.07. The van der Waals surface area contributed by atoms with Gasteiger partial charge < -0.3 is 14.6 Å². The molecule has 0 amide bonds. The molecule has 0 saturated heterocycles. The van der Waals surface area contributed by atoms with Gasteiger partial charge in [-0.25, -0.2) is 9.59 Å². The summed E-state index contributed by atoms with van der Waals surface area (Å²) in [6, 6.07) is 8.42. The Kier molecular flexibility index (Phi) is 4.47. The maximum absolute atomic E-state index is 11.2. The summed E-state index contributed by atoms with van der Waals surface area (Å²) in [5.41, 5.74) is 0. The molecule has 0 heterocycles. The molecule has 1 atom stereocenters. The molecule has 86 valence electrons. The van der Waals surface area contributed by atoms with E-state index in [-0.39, 0.29) is 0 Å². The van der Waals surface area contributed by atoms with Crippen LogP contribution < -0.4 is 4.74 Å². The highest BCUT2D eigenvalue weighted by atomic mass is 16.6. The molecule has 1 aromatic carbocycles. The van der Waals surface area contributed by atoms with Crippen molar-refractivity contribution in [2.45, 2.75) is 13.0 Å². The van der Waals surface area contributed by atoms with Gasteiger partial charge in [-0.2, -0.15) is 0 Å². The second-order valence-electron chi connectivity index (χ2n) is 3.07. The van der Waals surface area contributed by atoms with Crippen LogP contribution in [0.4, 0.5) is 0 Å². The number of aliphatic hydroxyl groups excluding tert-OH is 1. The molecule has 16 heavy (non-hydrogen) atoms. The largest absolute Gasteiger partial charge is 0.452 e. The second kappa shape index (κ2) is 5.87. The van der Waals surface area contributed by atoms with Gasteiger partial charge in [-0.15, -0.1) is 0 Å². The first kappa shape index (κ1) is 12.2. The van der Waals surface area contributed by atoms with Gasteiger partial charge in [-0.1, -0.05) is 18.2 Å². The monoisotopic (exact) mass is 224 g/mol. The lowest BCUT2D eigenvalue weighted by Crippen LogP contribution is -2.24. The Morgan fingerprint density at radius 1 is 1.31 bits per heavy atom. The van der Waals surface area contributed by atoms with Gasteiger partial charge in [0, 0.05) is 0 Å². The third-order valence-corrected chi connectivity index (χ3v) is 1.65. The molecule has 5 nitrogen and oxygen atoms in total. The first-order valence-electron chi connectivity index (χ1n) is 4.70. The molecular weight excluding hydrogens is 212 g/mol. The lowest BCUT2D eigenvalue weighted by Gasteiger charge is -2.06. The Balaban J connectivity index is 2.35. The van der Waals surface area contributed by atoms with Crippen molar-refractivity contribution in [3.63, 3.8) is 0 Å². The van der Waals surface area contributed by atoms with E-state index in [0.29, 0.717) is 5.75 Å². The van der Waals surface area contributed by atoms with E-state index in [0.717, 1.165) is 0 Å². The number of hydrogen-bond acceptors (Lipinski definition) is 5. The summed E-state index contributed by atoms with van der Waals surface area (Å²) in [6.45, 7) is 0.740. The van der Waals surface area contributed by atoms with Gasteiger partial charge >= 0.3 is 11.9 Å². The minimum atomic E-state index is -1.25. The molecule has 0 radical (unpaired) electrons. The first-order valence-corrected chi connectivity index (χ1v) is 4.70. The molecule has 1 N–H and O–H groups in total. The fourth-order valence-corrected chi connectivity index (χ4v) is 0.900. The van der Waals surface area contributed by atoms with E-state index in [1.807, 2.05) is 0 Å². The summed E-state index contributed by atoms with van der Waals surface area (Å²) < 4.78 is 9.32. The average Bonchev–Trinajstić information content (AvgIpc) is 2.27. The molecular formula is C11H12O5. The summed E-state index contributed by atoms with van der Waals surface area (Å²) in [7, 11) is 0. The van der Waals surface area contributed by atoms with Crippen molar-refractivity contribution in [1.29, 1.82) is 0 Å². The zero-order valence-electron chi connectivity index (χ0n) is 8.75. The highest BCUT2D eigenvalue weighted by Crippen LogP contribution is 2.08. The zero-order valence-corrected chi connectivity index (χ0v) is 8.75. The van der Waals surface area contributed by atoms with Crippen molar-refractivity contribution >= 4 is 11.9 Å². The van der Waals surface area contributed by atoms with Crippen LogP contribution in [0.2, 0.25) is 0 Å². The number of ether oxygens (including phenoxy) is 2. The third-order valence-electron chi connectivity index (χ3n) is 1.65. The van der Waals surface area contributed by atoms with E-state index in [2.05, 4.69) is 4.74 Å². The van der Waals surface area contributed by atoms with Crippen LogP contribution in [0.3, 0.4) is 0 Å². The highest BCUT2D eigenvalue weighted by Gasteiger charge is 2.13. The van der Waals surface area contributed by atoms with Crippen LogP contribution in [0.1, 0.15) is 6.92 Å². The molecule has 5 heteroatoms. The molecule has 0 fully saturated rings. The van der Waals surface area contributed by atoms with Crippen molar-refractivity contribution in [3.8, 4) is 5.75 Å². The molecule has 0 bridgehead atoms. The lowest BCUT2D eigenvalue weighted by molar-refractivity contribution is -0.159. The van der Waals surface area contributed by atoms with Crippen LogP contribution in [0.15, 0.2) is 30.3 Å². The topological polar surface area (TPSA) is 72.8 Å². The molecule has 0 saturated carbocycles. The number of aliphatic hydroxyl groups is 1. The smallest absolute Gasteiger partial charge is 0.349 e. The normalized spacial score (nSPS) is 11.6. The van der Waals surface area contributed by atoms with Gasteiger partial charge in [0.2, 0.25) is 0 Å². The molecule has 0 spiro atoms. The van der Waals surface area contributed by atoms with Crippen molar-refractivity contribution < 1.29 is 24.2 Å². The predicted octanol–water partition coefficient (Wildman–Crippen LogP) is 0.516. The molecule has 1 aromatic rings. The van der Waals surface area contributed by atoms with Crippen molar-refractivity contribution in [2.24, 2.45) is 0 Å². The fourth-order valence-electron chi connectivity index (χ4n) is 0.900. The maximum atomic E-state index is 11.2. The average molecular weight is 224 g/mol. The van der Waals surface area contributed by atoms with Gasteiger partial charge in [0.15, 0.2) is 6.61 Å². The highest BCUT2D eigenvalue weighted by molar-refractivity contribution is 5.79. The summed E-state index contributed by atoms with van der Waals surface area (Å²) >= 11 is 0. The molecule has 0 unspecified atom stereocenters. The van der Waals surface area contributed by atoms with Crippen molar-refractivity contribution in [3.05, 3.63) is 30.3 Å². The molecule has 0 aliphatic rings. The Morgan fingerprint density at radius 3 is 2.50 bits per heavy atom. The minimum Gasteiger partial charge on any atom is -0.452 e. The van der Waals surface area contributed by atoms with E-state index < -0.39 is 24.6 Å². The SMILES string of the molecule is C[C@H](O)C(=O)OCC(=O)Oc1ccccc1. The number of carbonyl (C=O) groups is 2. The van der Waals surface area contributed by atoms with Crippen molar-refractivity contribution in [1.82, 2.24) is 0 Å². The maximum Gasteiger partial charge on any atom is 0.349 e. The standard InChI is InChI=1S/C11H12O5/c1-8(12)11(14)15-7-10(13)16-9-5-3-2-4-6-9/h2-6,8,12H,7H2,1H3/t8-/m0/s1. The number of benzene rings is 1. The quantitative estimate of drug-likeness (QED) is 0.596. The summed E-state index contributed by atoms with van der Waals surface area (Å²) in [5.74, 6) is -1.18. The van der Waals surface area contributed by atoms with Gasteiger partial charge in [0.25, 0.3) is 0 Å². The van der Waals surface area contributed by atoms with E-state index >= 15 is 0 Å². The summed E-state index contributed by atoms with van der Waals surface area (Å²) in [4.78, 5) is 22.0. The van der Waals surface area contributed by atoms with Crippen LogP contribution in [0.5, 0.6) is 5.75 Å². The van der Waals surface area contributed by atoms with Crippen LogP contribution in [-0.2, 0) is 14.3 Å². The minimum absolute atomic E-state index is 0.376. The first-order chi connectivity index (χ1) is 7.59. The summed E-state index contributed by atoms with van der Waals surface area (Å²) in [6.07, 6.45) is -1.25. The Labute approximate surface area is 92.6 Å². The Morgan fingerprint density at radius 2 is 1.94 bits per heavy atom. The van der Waals surface area contributed by atoms with E-state index in [9.17, 15) is 9.59 Å². The van der Waals surface area contributed by atoms with Crippen LogP contribution in [-0.4, -0.2) is 29.8 Å². The van der Waals surface area contributed by atoms with E-state index in [1.165, 1.54) is 6.92 Å². The molecule has 0 aromatic heterocycles. The van der Waals surface area contributed by atoms with Crippen molar-refractivity contribution in [2.75, 3.05) is 6.61 Å². The zero-order chi connectivity index (χ0) is 12.0. The fraction of sp³-hybridized carbons (Fsp3) is 0.273. The third kappa shape index (κ3) is 4.10. The Bertz CT molecular complexity index is 358. The van der Waals surface area contributed by atoms with Gasteiger partial charge in [0.1, 0.15) is 11.9 Å². The van der Waals surface area contributed by atoms with Gasteiger partial charge in [0.05, 0.1) is 0 Å². The number of hydrogen-bond donors (Lipinski definition) is 1. The number of rotatable bonds is 4. The predicted molar refractivity (Wildman–Crippen MR) is 54.7 cm³/mol. The van der Waals surface area contributed by atoms with Gasteiger partial charge in [-0.05, 0) is 19.1 Å². The number of para-hydroxylation sites is 1. The lowest BCUT2D eigenvalue weighted by atomic mass is 10.3. The number of carbonyl (C=O) groups excluding carboxylic acids is 2. The number of esters is 2. The van der Waals surface area contributed by atoms with Crippen LogP contribution >= 0.6 is 0 Å². The molecule has 0 aliphatic heterocycles. The van der Waals surface area contributed by atoms with Crippen LogP contribution in [0.25, 0.3) is 0 Å². The van der Waals surface area contributed by atoms with Crippen LogP contribution in [0, 0.1) is 0 Å². The Hall–Kier alpha value is -1.88. The summed E-state index contributed by atoms with van der Waals surface area (Å²) in [5, 5.41) is 8.80. The van der Waals surface area contributed by atoms with Gasteiger partial charge in [-0.3, -0.25) is 0 Å². The van der Waals surface area contributed by atoms with E-state index in [4.69, 9.17) is 9.84 Å².